The van der Waals surface area contributed by atoms with E-state index in [4.69, 9.17) is 4.74 Å². The molecule has 22 heavy (non-hydrogen) atoms. The molecule has 1 amide bonds. The first-order valence-electron chi connectivity index (χ1n) is 6.82. The fourth-order valence-electron chi connectivity index (χ4n) is 1.85. The van der Waals surface area contributed by atoms with Crippen molar-refractivity contribution in [3.05, 3.63) is 64.6 Å². The molecule has 0 saturated carbocycles. The third-order valence-electron chi connectivity index (χ3n) is 2.89. The van der Waals surface area contributed by atoms with Crippen molar-refractivity contribution in [2.75, 3.05) is 11.9 Å². The third kappa shape index (κ3) is 4.05. The van der Waals surface area contributed by atoms with Crippen LogP contribution in [0.25, 0.3) is 0 Å². The Kier molecular flexibility index (Phi) is 5.08. The van der Waals surface area contributed by atoms with Gasteiger partial charge in [0.25, 0.3) is 5.56 Å². The average molecular weight is 300 g/mol. The first kappa shape index (κ1) is 15.5. The van der Waals surface area contributed by atoms with Gasteiger partial charge in [-0.05, 0) is 37.3 Å². The summed E-state index contributed by atoms with van der Waals surface area (Å²) in [5.41, 5.74) is 0.719. The van der Waals surface area contributed by atoms with Gasteiger partial charge in [0.15, 0.2) is 0 Å². The summed E-state index contributed by atoms with van der Waals surface area (Å²) >= 11 is 0. The predicted octanol–water partition coefficient (Wildman–Crippen LogP) is 1.66. The molecule has 1 aromatic heterocycles. The molecular weight excluding hydrogens is 284 g/mol. The van der Waals surface area contributed by atoms with Crippen LogP contribution in [0.1, 0.15) is 17.3 Å². The van der Waals surface area contributed by atoms with Gasteiger partial charge in [0.2, 0.25) is 5.91 Å². The molecule has 6 heteroatoms. The van der Waals surface area contributed by atoms with E-state index in [1.165, 1.54) is 10.6 Å². The molecule has 0 atom stereocenters. The number of carbonyl (C=O) groups excluding carboxylic acids is 2. The molecule has 1 heterocycles. The zero-order chi connectivity index (χ0) is 15.9. The first-order chi connectivity index (χ1) is 10.6. The molecule has 2 rings (SSSR count). The molecule has 0 aliphatic carbocycles. The third-order valence-corrected chi connectivity index (χ3v) is 2.89. The van der Waals surface area contributed by atoms with Gasteiger partial charge in [-0.15, -0.1) is 0 Å². The van der Waals surface area contributed by atoms with Crippen LogP contribution in [0.3, 0.4) is 0 Å². The van der Waals surface area contributed by atoms with E-state index in [-0.39, 0.29) is 18.0 Å². The topological polar surface area (TPSA) is 77.4 Å². The number of benzene rings is 1. The lowest BCUT2D eigenvalue weighted by Crippen LogP contribution is -2.26. The number of anilines is 1. The summed E-state index contributed by atoms with van der Waals surface area (Å²) < 4.78 is 6.18. The number of aromatic nitrogens is 1. The minimum atomic E-state index is -0.406. The summed E-state index contributed by atoms with van der Waals surface area (Å²) in [7, 11) is 0. The maximum absolute atomic E-state index is 11.9. The Morgan fingerprint density at radius 3 is 2.50 bits per heavy atom. The molecule has 0 bridgehead atoms. The molecule has 0 radical (unpaired) electrons. The van der Waals surface area contributed by atoms with Gasteiger partial charge < -0.3 is 14.6 Å². The highest BCUT2D eigenvalue weighted by Gasteiger charge is 2.08. The second-order valence-corrected chi connectivity index (χ2v) is 4.51. The quantitative estimate of drug-likeness (QED) is 0.852. The fraction of sp³-hybridized carbons (Fsp3) is 0.188. The van der Waals surface area contributed by atoms with Crippen molar-refractivity contribution in [3.63, 3.8) is 0 Å². The second kappa shape index (κ2) is 7.21. The van der Waals surface area contributed by atoms with Crippen molar-refractivity contribution < 1.29 is 14.3 Å². The number of hydrogen-bond acceptors (Lipinski definition) is 4. The zero-order valence-electron chi connectivity index (χ0n) is 12.1. The van der Waals surface area contributed by atoms with Crippen LogP contribution >= 0.6 is 0 Å². The van der Waals surface area contributed by atoms with Gasteiger partial charge in [0, 0.05) is 18.0 Å². The summed E-state index contributed by atoms with van der Waals surface area (Å²) in [6.45, 7) is 1.97. The van der Waals surface area contributed by atoms with Gasteiger partial charge in [-0.25, -0.2) is 4.79 Å². The lowest BCUT2D eigenvalue weighted by atomic mass is 10.2. The van der Waals surface area contributed by atoms with Crippen molar-refractivity contribution in [2.24, 2.45) is 0 Å². The molecule has 0 saturated heterocycles. The summed E-state index contributed by atoms with van der Waals surface area (Å²) in [6, 6.07) is 11.1. The molecule has 0 aliphatic rings. The van der Waals surface area contributed by atoms with E-state index >= 15 is 0 Å². The van der Waals surface area contributed by atoms with E-state index in [9.17, 15) is 14.4 Å². The Bertz CT molecular complexity index is 719. The van der Waals surface area contributed by atoms with Gasteiger partial charge in [0.1, 0.15) is 6.54 Å². The number of nitrogens with zero attached hydrogens (tertiary/aromatic N) is 1. The van der Waals surface area contributed by atoms with Crippen molar-refractivity contribution in [1.82, 2.24) is 4.57 Å². The van der Waals surface area contributed by atoms with E-state index in [0.717, 1.165) is 0 Å². The van der Waals surface area contributed by atoms with E-state index in [0.29, 0.717) is 17.9 Å². The summed E-state index contributed by atoms with van der Waals surface area (Å²) in [6.07, 6.45) is 1.55. The van der Waals surface area contributed by atoms with Crippen molar-refractivity contribution in [1.29, 1.82) is 0 Å². The minimum absolute atomic E-state index is 0.0701. The van der Waals surface area contributed by atoms with Crippen molar-refractivity contribution >= 4 is 17.6 Å². The van der Waals surface area contributed by atoms with Crippen molar-refractivity contribution in [2.45, 2.75) is 13.5 Å². The van der Waals surface area contributed by atoms with Gasteiger partial charge >= 0.3 is 5.97 Å². The average Bonchev–Trinajstić information content (AvgIpc) is 2.50. The Morgan fingerprint density at radius 2 is 1.86 bits per heavy atom. The number of nitrogens with one attached hydrogen (secondary N) is 1. The van der Waals surface area contributed by atoms with Crippen LogP contribution in [0.5, 0.6) is 0 Å². The van der Waals surface area contributed by atoms with E-state index < -0.39 is 5.97 Å². The maximum atomic E-state index is 11.9. The second-order valence-electron chi connectivity index (χ2n) is 4.51. The fourth-order valence-corrected chi connectivity index (χ4v) is 1.85. The highest BCUT2D eigenvalue weighted by atomic mass is 16.5. The molecule has 0 unspecified atom stereocenters. The Balaban J connectivity index is 1.99. The normalized spacial score (nSPS) is 10.0. The lowest BCUT2D eigenvalue weighted by Gasteiger charge is -2.08. The standard InChI is InChI=1S/C16H16N2O4/c1-2-22-16(21)12-6-8-13(9-7-12)17-14(19)11-18-10-4-3-5-15(18)20/h3-10H,2,11H2,1H3,(H,17,19). The monoisotopic (exact) mass is 300 g/mol. The van der Waals surface area contributed by atoms with E-state index in [1.54, 1.807) is 49.5 Å². The molecule has 1 N–H and O–H groups in total. The Morgan fingerprint density at radius 1 is 1.14 bits per heavy atom. The number of pyridine rings is 1. The first-order valence-corrected chi connectivity index (χ1v) is 6.82. The number of carbonyl (C=O) groups is 2. The maximum Gasteiger partial charge on any atom is 0.338 e. The molecule has 0 aliphatic heterocycles. The number of rotatable bonds is 5. The van der Waals surface area contributed by atoms with E-state index in [1.807, 2.05) is 0 Å². The van der Waals surface area contributed by atoms with Crippen LogP contribution in [0, 0.1) is 0 Å². The molecule has 0 spiro atoms. The van der Waals surface area contributed by atoms with Crippen LogP contribution in [0.2, 0.25) is 0 Å². The van der Waals surface area contributed by atoms with Crippen LogP contribution in [-0.4, -0.2) is 23.1 Å². The molecule has 0 fully saturated rings. The molecule has 114 valence electrons. The SMILES string of the molecule is CCOC(=O)c1ccc(NC(=O)Cn2ccccc2=O)cc1. The van der Waals surface area contributed by atoms with Gasteiger partial charge in [-0.3, -0.25) is 9.59 Å². The van der Waals surface area contributed by atoms with E-state index in [2.05, 4.69) is 5.32 Å². The molecule has 1 aromatic carbocycles. The van der Waals surface area contributed by atoms with Crippen LogP contribution < -0.4 is 10.9 Å². The van der Waals surface area contributed by atoms with Gasteiger partial charge in [-0.1, -0.05) is 6.07 Å². The molecule has 2 aromatic rings. The molecule has 6 nitrogen and oxygen atoms in total. The highest BCUT2D eigenvalue weighted by molar-refractivity contribution is 5.92. The van der Waals surface area contributed by atoms with Gasteiger partial charge in [-0.2, -0.15) is 0 Å². The molecular formula is C16H16N2O4. The van der Waals surface area contributed by atoms with Crippen LogP contribution in [0.15, 0.2) is 53.5 Å². The number of hydrogen-bond donors (Lipinski definition) is 1. The Labute approximate surface area is 127 Å². The lowest BCUT2D eigenvalue weighted by molar-refractivity contribution is -0.116. The number of esters is 1. The zero-order valence-corrected chi connectivity index (χ0v) is 12.1. The van der Waals surface area contributed by atoms with Crippen molar-refractivity contribution in [3.8, 4) is 0 Å². The Hall–Kier alpha value is -2.89. The summed E-state index contributed by atoms with van der Waals surface area (Å²) in [5, 5.41) is 2.66. The number of ether oxygens (including phenoxy) is 1. The van der Waals surface area contributed by atoms with Crippen LogP contribution in [-0.2, 0) is 16.1 Å². The van der Waals surface area contributed by atoms with Gasteiger partial charge in [0.05, 0.1) is 12.2 Å². The summed E-state index contributed by atoms with van der Waals surface area (Å²) in [4.78, 5) is 34.9. The summed E-state index contributed by atoms with van der Waals surface area (Å²) in [5.74, 6) is -0.728. The highest BCUT2D eigenvalue weighted by Crippen LogP contribution is 2.10. The smallest absolute Gasteiger partial charge is 0.338 e. The largest absolute Gasteiger partial charge is 0.462 e. The minimum Gasteiger partial charge on any atom is -0.462 e. The van der Waals surface area contributed by atoms with Crippen LogP contribution in [0.4, 0.5) is 5.69 Å². The number of amides is 1. The predicted molar refractivity (Wildman–Crippen MR) is 81.7 cm³/mol.